The first-order valence-electron chi connectivity index (χ1n) is 2.28. The molecule has 0 amide bonds. The van der Waals surface area contributed by atoms with E-state index >= 15 is 0 Å². The van der Waals surface area contributed by atoms with Gasteiger partial charge in [-0.2, -0.15) is 0 Å². The van der Waals surface area contributed by atoms with E-state index in [9.17, 15) is 9.59 Å². The van der Waals surface area contributed by atoms with Crippen LogP contribution in [0.2, 0.25) is 0 Å². The van der Waals surface area contributed by atoms with Gasteiger partial charge >= 0.3 is 63.3 Å². The van der Waals surface area contributed by atoms with Crippen LogP contribution in [0.15, 0.2) is 0 Å². The summed E-state index contributed by atoms with van der Waals surface area (Å²) in [6.07, 6.45) is -4.53. The number of aliphatic carboxylic acids is 2. The molecule has 2 unspecified atom stereocenters. The number of carbonyl (C=O) groups is 2. The van der Waals surface area contributed by atoms with E-state index < -0.39 is 24.1 Å². The summed E-state index contributed by atoms with van der Waals surface area (Å²) in [7, 11) is 0. The number of carboxylic acid groups (broad SMARTS) is 2. The predicted octanol–water partition coefficient (Wildman–Crippen LogP) is -2.77. The second-order valence-corrected chi connectivity index (χ2v) is 1.57. The molecule has 0 rings (SSSR count). The van der Waals surface area contributed by atoms with Gasteiger partial charge in [0.2, 0.25) is 0 Å². The zero-order valence-electron chi connectivity index (χ0n) is 5.47. The normalized spacial score (nSPS) is 13.2. The number of hydrogen-bond acceptors (Lipinski definition) is 4. The van der Waals surface area contributed by atoms with Crippen molar-refractivity contribution in [1.29, 1.82) is 0 Å². The van der Waals surface area contributed by atoms with E-state index in [0.717, 1.165) is 0 Å². The molecule has 0 saturated heterocycles. The van der Waals surface area contributed by atoms with Gasteiger partial charge in [-0.25, -0.2) is 9.59 Å². The molecule has 0 aliphatic carbocycles. The van der Waals surface area contributed by atoms with Crippen LogP contribution in [0.5, 0.6) is 0 Å². The van der Waals surface area contributed by atoms with Crippen LogP contribution in [0.3, 0.4) is 0 Å². The molecule has 0 bridgehead atoms. The Hall–Kier alpha value is 1.12. The first kappa shape index (κ1) is 18.8. The molecule has 0 aromatic heterocycles. The van der Waals surface area contributed by atoms with Gasteiger partial charge in [-0.05, 0) is 0 Å². The Labute approximate surface area is 123 Å². The van der Waals surface area contributed by atoms with E-state index in [0.29, 0.717) is 0 Å². The second kappa shape index (κ2) is 8.71. The van der Waals surface area contributed by atoms with Crippen LogP contribution in [0.1, 0.15) is 0 Å². The van der Waals surface area contributed by atoms with E-state index in [1.54, 1.807) is 0 Å². The van der Waals surface area contributed by atoms with E-state index in [4.69, 9.17) is 20.4 Å². The Morgan fingerprint density at radius 1 is 0.917 bits per heavy atom. The topological polar surface area (TPSA) is 115 Å². The first-order valence-corrected chi connectivity index (χ1v) is 2.28. The summed E-state index contributed by atoms with van der Waals surface area (Å²) in [6, 6.07) is 0. The second-order valence-electron chi connectivity index (χ2n) is 1.57. The van der Waals surface area contributed by atoms with Gasteiger partial charge in [0.25, 0.3) is 0 Å². The minimum absolute atomic E-state index is 0. The number of hydrogen-bond donors (Lipinski definition) is 4. The Balaban J connectivity index is -0.000000405. The number of carboxylic acids is 2. The summed E-state index contributed by atoms with van der Waals surface area (Å²) >= 11 is 0. The Morgan fingerprint density at radius 2 is 1.08 bits per heavy atom. The molecule has 6 nitrogen and oxygen atoms in total. The molecule has 0 aliphatic rings. The molecule has 8 heteroatoms. The van der Waals surface area contributed by atoms with Crippen LogP contribution in [-0.4, -0.2) is 96.0 Å². The van der Waals surface area contributed by atoms with Gasteiger partial charge in [-0.3, -0.25) is 0 Å². The molecule has 0 fully saturated rings. The molecular formula is C4H7KO6Zn. The van der Waals surface area contributed by atoms with Gasteiger partial charge in [0, 0.05) is 19.5 Å². The molecule has 4 N–H and O–H groups in total. The summed E-state index contributed by atoms with van der Waals surface area (Å²) in [5, 5.41) is 32.5. The van der Waals surface area contributed by atoms with E-state index in [-0.39, 0.29) is 70.9 Å². The monoisotopic (exact) mass is 254 g/mol. The quantitative estimate of drug-likeness (QED) is 0.406. The van der Waals surface area contributed by atoms with Crippen molar-refractivity contribution in [2.75, 3.05) is 0 Å². The van der Waals surface area contributed by atoms with Crippen LogP contribution >= 0.6 is 0 Å². The molecule has 0 saturated carbocycles. The van der Waals surface area contributed by atoms with Crippen molar-refractivity contribution < 1.29 is 49.5 Å². The summed E-state index contributed by atoms with van der Waals surface area (Å²) in [4.78, 5) is 19.5. The van der Waals surface area contributed by atoms with Crippen molar-refractivity contribution in [3.05, 3.63) is 0 Å². The summed E-state index contributed by atoms with van der Waals surface area (Å²) in [5.41, 5.74) is 0. The molecule has 0 radical (unpaired) electrons. The van der Waals surface area contributed by atoms with Gasteiger partial charge in [-0.1, -0.05) is 0 Å². The van der Waals surface area contributed by atoms with E-state index in [2.05, 4.69) is 0 Å². The van der Waals surface area contributed by atoms with Gasteiger partial charge < -0.3 is 20.4 Å². The molecule has 12 heavy (non-hydrogen) atoms. The van der Waals surface area contributed by atoms with Gasteiger partial charge in [-0.15, -0.1) is 0 Å². The van der Waals surface area contributed by atoms with Crippen molar-refractivity contribution in [2.24, 2.45) is 0 Å². The average molecular weight is 256 g/mol. The third-order valence-electron chi connectivity index (χ3n) is 0.805. The molecular weight excluding hydrogens is 249 g/mol. The molecule has 0 spiro atoms. The Morgan fingerprint density at radius 3 is 1.17 bits per heavy atom. The maximum Gasteiger partial charge on any atom is 0 e. The van der Waals surface area contributed by atoms with Crippen molar-refractivity contribution in [3.63, 3.8) is 0 Å². The minimum Gasteiger partial charge on any atom is 0 e. The van der Waals surface area contributed by atoms with Crippen LogP contribution in [0.4, 0.5) is 0 Å². The Kier molecular flexibility index (Phi) is 13.7. The van der Waals surface area contributed by atoms with Crippen LogP contribution in [-0.2, 0) is 29.1 Å². The standard InChI is InChI=1S/C4H6O6.K.Zn.H/c5-1(3(7)8)2(6)4(9)10;;;/h1-2,5-6H,(H,7,8)(H,9,10);;;. The van der Waals surface area contributed by atoms with Crippen LogP contribution in [0.25, 0.3) is 0 Å². The fourth-order valence-corrected chi connectivity index (χ4v) is 0.270. The third kappa shape index (κ3) is 6.62. The zero-order valence-corrected chi connectivity index (χ0v) is 8.43. The van der Waals surface area contributed by atoms with E-state index in [1.807, 2.05) is 0 Å². The number of aliphatic hydroxyl groups is 2. The predicted molar refractivity (Wildman–Crippen MR) is 34.4 cm³/mol. The maximum absolute atomic E-state index is 9.77. The van der Waals surface area contributed by atoms with Gasteiger partial charge in [0.05, 0.1) is 0 Å². The summed E-state index contributed by atoms with van der Waals surface area (Å²) in [6.45, 7) is 0. The first-order chi connectivity index (χ1) is 4.46. The number of rotatable bonds is 3. The fourth-order valence-electron chi connectivity index (χ4n) is 0.270. The maximum atomic E-state index is 9.77. The van der Waals surface area contributed by atoms with Crippen molar-refractivity contribution in [1.82, 2.24) is 0 Å². The number of aliphatic hydroxyl groups excluding tert-OH is 2. The van der Waals surface area contributed by atoms with Crippen molar-refractivity contribution in [3.8, 4) is 0 Å². The Bertz CT molecular complexity index is 144. The van der Waals surface area contributed by atoms with Crippen molar-refractivity contribution >= 4 is 63.3 Å². The molecule has 62 valence electrons. The average Bonchev–Trinajstić information content (AvgIpc) is 1.84. The molecule has 0 aliphatic heterocycles. The summed E-state index contributed by atoms with van der Waals surface area (Å²) < 4.78 is 0. The third-order valence-corrected chi connectivity index (χ3v) is 0.805. The van der Waals surface area contributed by atoms with E-state index in [1.165, 1.54) is 0 Å². The smallest absolute Gasteiger partial charge is 0 e. The van der Waals surface area contributed by atoms with Gasteiger partial charge in [0.1, 0.15) is 0 Å². The molecule has 0 aromatic carbocycles. The summed E-state index contributed by atoms with van der Waals surface area (Å²) in [5.74, 6) is -3.54. The van der Waals surface area contributed by atoms with Crippen LogP contribution < -0.4 is 0 Å². The van der Waals surface area contributed by atoms with Crippen LogP contribution in [0, 0.1) is 0 Å². The zero-order chi connectivity index (χ0) is 8.31. The molecule has 0 aromatic rings. The SMILES string of the molecule is O=C(O)C(O)C(O)C(=O)O.[KH].[Zn]. The fraction of sp³-hybridized carbons (Fsp3) is 0.500. The largest absolute Gasteiger partial charge is 0 e. The molecule has 2 atom stereocenters. The van der Waals surface area contributed by atoms with Gasteiger partial charge in [0.15, 0.2) is 12.2 Å². The molecule has 0 heterocycles. The van der Waals surface area contributed by atoms with Crippen molar-refractivity contribution in [2.45, 2.75) is 12.2 Å². The minimum atomic E-state index is -2.27.